The molecule has 146 valence electrons. The Balaban J connectivity index is 0.00000243. The summed E-state index contributed by atoms with van der Waals surface area (Å²) in [6.07, 6.45) is 2.27. The first-order valence-corrected chi connectivity index (χ1v) is 10.4. The second kappa shape index (κ2) is 8.65. The lowest BCUT2D eigenvalue weighted by atomic mass is 9.94. The second-order valence-corrected chi connectivity index (χ2v) is 8.73. The van der Waals surface area contributed by atoms with E-state index < -0.39 is 10.0 Å². The van der Waals surface area contributed by atoms with E-state index in [1.165, 1.54) is 22.7 Å². The molecule has 1 unspecified atom stereocenters. The molecule has 6 nitrogen and oxygen atoms in total. The third-order valence-corrected chi connectivity index (χ3v) is 6.34. The number of hydrogen-bond acceptors (Lipinski definition) is 4. The Morgan fingerprint density at radius 2 is 1.92 bits per heavy atom. The van der Waals surface area contributed by atoms with Crippen LogP contribution in [0.1, 0.15) is 24.4 Å². The van der Waals surface area contributed by atoms with Gasteiger partial charge in [-0.25, -0.2) is 17.1 Å². The topological polar surface area (TPSA) is 69.7 Å². The Labute approximate surface area is 160 Å². The molecule has 0 aromatic heterocycles. The van der Waals surface area contributed by atoms with Gasteiger partial charge in [0, 0.05) is 38.6 Å². The molecule has 1 aromatic carbocycles. The van der Waals surface area contributed by atoms with Crippen LogP contribution in [0, 0.1) is 11.7 Å². The van der Waals surface area contributed by atoms with Crippen LogP contribution < -0.4 is 5.32 Å². The van der Waals surface area contributed by atoms with E-state index in [0.717, 1.165) is 5.56 Å². The van der Waals surface area contributed by atoms with Gasteiger partial charge in [-0.15, -0.1) is 12.4 Å². The smallest absolute Gasteiger partial charge is 0.226 e. The number of rotatable bonds is 3. The van der Waals surface area contributed by atoms with Gasteiger partial charge in [-0.2, -0.15) is 0 Å². The molecule has 1 atom stereocenters. The second-order valence-electron chi connectivity index (χ2n) is 6.74. The molecule has 2 heterocycles. The first kappa shape index (κ1) is 21.1. The lowest BCUT2D eigenvalue weighted by Gasteiger charge is -2.40. The normalized spacial score (nSPS) is 22.7. The Kier molecular flexibility index (Phi) is 7.01. The van der Waals surface area contributed by atoms with E-state index in [2.05, 4.69) is 5.32 Å². The van der Waals surface area contributed by atoms with Gasteiger partial charge in [0.05, 0.1) is 12.3 Å². The van der Waals surface area contributed by atoms with Gasteiger partial charge in [0.2, 0.25) is 15.9 Å². The summed E-state index contributed by atoms with van der Waals surface area (Å²) in [5.74, 6) is -0.437. The van der Waals surface area contributed by atoms with Gasteiger partial charge >= 0.3 is 0 Å². The van der Waals surface area contributed by atoms with Crippen LogP contribution in [0.2, 0.25) is 0 Å². The maximum Gasteiger partial charge on any atom is 0.226 e. The molecule has 2 aliphatic rings. The highest BCUT2D eigenvalue weighted by Gasteiger charge is 2.35. The molecule has 2 saturated heterocycles. The predicted molar refractivity (Wildman–Crippen MR) is 100 cm³/mol. The number of piperidine rings is 1. The number of hydrogen-bond donors (Lipinski definition) is 1. The minimum absolute atomic E-state index is 0. The molecule has 9 heteroatoms. The SMILES string of the molecule is CS(=O)(=O)N1CCC(C(=O)N2CCNCC2c2cccc(F)c2)CC1.Cl. The van der Waals surface area contributed by atoms with Crippen molar-refractivity contribution in [1.82, 2.24) is 14.5 Å². The molecular weight excluding hydrogens is 381 g/mol. The number of piperazine rings is 1. The molecule has 0 bridgehead atoms. The molecule has 0 spiro atoms. The number of carbonyl (C=O) groups is 1. The number of benzene rings is 1. The van der Waals surface area contributed by atoms with Crippen LogP contribution >= 0.6 is 12.4 Å². The number of amides is 1. The summed E-state index contributed by atoms with van der Waals surface area (Å²) in [7, 11) is -3.20. The van der Waals surface area contributed by atoms with E-state index in [1.807, 2.05) is 11.0 Å². The molecule has 2 aliphatic heterocycles. The van der Waals surface area contributed by atoms with Crippen molar-refractivity contribution in [3.63, 3.8) is 0 Å². The number of carbonyl (C=O) groups excluding carboxylic acids is 1. The van der Waals surface area contributed by atoms with Crippen molar-refractivity contribution >= 4 is 28.3 Å². The molecule has 1 N–H and O–H groups in total. The van der Waals surface area contributed by atoms with Gasteiger partial charge in [-0.05, 0) is 30.5 Å². The summed E-state index contributed by atoms with van der Waals surface area (Å²) < 4.78 is 38.2. The van der Waals surface area contributed by atoms with Crippen molar-refractivity contribution in [2.24, 2.45) is 5.92 Å². The van der Waals surface area contributed by atoms with Crippen molar-refractivity contribution in [3.05, 3.63) is 35.6 Å². The summed E-state index contributed by atoms with van der Waals surface area (Å²) in [4.78, 5) is 14.8. The average Bonchev–Trinajstić information content (AvgIpc) is 2.60. The Morgan fingerprint density at radius 1 is 1.23 bits per heavy atom. The molecule has 1 amide bonds. The monoisotopic (exact) mass is 405 g/mol. The summed E-state index contributed by atoms with van der Waals surface area (Å²) in [6.45, 7) is 2.64. The van der Waals surface area contributed by atoms with E-state index in [9.17, 15) is 17.6 Å². The lowest BCUT2D eigenvalue weighted by molar-refractivity contribution is -0.140. The van der Waals surface area contributed by atoms with Crippen molar-refractivity contribution in [2.45, 2.75) is 18.9 Å². The first-order valence-electron chi connectivity index (χ1n) is 8.58. The zero-order valence-corrected chi connectivity index (χ0v) is 16.4. The fourth-order valence-electron chi connectivity index (χ4n) is 3.65. The van der Waals surface area contributed by atoms with Crippen LogP contribution in [0.5, 0.6) is 0 Å². The zero-order chi connectivity index (χ0) is 18.0. The van der Waals surface area contributed by atoms with Gasteiger partial charge in [-0.1, -0.05) is 12.1 Å². The first-order chi connectivity index (χ1) is 11.9. The van der Waals surface area contributed by atoms with E-state index in [4.69, 9.17) is 0 Å². The summed E-state index contributed by atoms with van der Waals surface area (Å²) in [5.41, 5.74) is 0.786. The fraction of sp³-hybridized carbons (Fsp3) is 0.588. The number of nitrogens with one attached hydrogen (secondary N) is 1. The van der Waals surface area contributed by atoms with E-state index >= 15 is 0 Å². The Hall–Kier alpha value is -1.22. The fourth-order valence-corrected chi connectivity index (χ4v) is 4.52. The van der Waals surface area contributed by atoms with Gasteiger partial charge in [-0.3, -0.25) is 4.79 Å². The summed E-state index contributed by atoms with van der Waals surface area (Å²) in [6, 6.07) is 6.18. The number of sulfonamides is 1. The van der Waals surface area contributed by atoms with Gasteiger partial charge in [0.25, 0.3) is 0 Å². The maximum atomic E-state index is 13.6. The van der Waals surface area contributed by atoms with Crippen LogP contribution in [0.25, 0.3) is 0 Å². The third kappa shape index (κ3) is 4.73. The molecule has 0 aliphatic carbocycles. The van der Waals surface area contributed by atoms with Gasteiger partial charge < -0.3 is 10.2 Å². The summed E-state index contributed by atoms with van der Waals surface area (Å²) in [5, 5.41) is 3.26. The van der Waals surface area contributed by atoms with Crippen LogP contribution in [0.3, 0.4) is 0 Å². The molecule has 1 aromatic rings. The zero-order valence-electron chi connectivity index (χ0n) is 14.7. The lowest BCUT2D eigenvalue weighted by Crippen LogP contribution is -2.52. The van der Waals surface area contributed by atoms with Gasteiger partial charge in [0.15, 0.2) is 0 Å². The quantitative estimate of drug-likeness (QED) is 0.825. The molecule has 0 saturated carbocycles. The maximum absolute atomic E-state index is 13.6. The highest BCUT2D eigenvalue weighted by Crippen LogP contribution is 2.28. The van der Waals surface area contributed by atoms with Crippen molar-refractivity contribution < 1.29 is 17.6 Å². The molecule has 2 fully saturated rings. The van der Waals surface area contributed by atoms with Crippen LogP contribution in [0.4, 0.5) is 4.39 Å². The van der Waals surface area contributed by atoms with Crippen LogP contribution in [0.15, 0.2) is 24.3 Å². The minimum Gasteiger partial charge on any atom is -0.333 e. The molecule has 0 radical (unpaired) electrons. The minimum atomic E-state index is -3.20. The van der Waals surface area contributed by atoms with Crippen molar-refractivity contribution in [3.8, 4) is 0 Å². The Morgan fingerprint density at radius 3 is 2.54 bits per heavy atom. The molecular formula is C17H25ClFN3O3S. The van der Waals surface area contributed by atoms with E-state index in [0.29, 0.717) is 45.6 Å². The average molecular weight is 406 g/mol. The largest absolute Gasteiger partial charge is 0.333 e. The van der Waals surface area contributed by atoms with Crippen LogP contribution in [-0.2, 0) is 14.8 Å². The van der Waals surface area contributed by atoms with Crippen molar-refractivity contribution in [1.29, 1.82) is 0 Å². The van der Waals surface area contributed by atoms with Crippen LogP contribution in [-0.4, -0.2) is 62.5 Å². The molecule has 3 rings (SSSR count). The highest BCUT2D eigenvalue weighted by atomic mass is 35.5. The third-order valence-electron chi connectivity index (χ3n) is 5.03. The highest BCUT2D eigenvalue weighted by molar-refractivity contribution is 7.88. The number of nitrogens with zero attached hydrogens (tertiary/aromatic N) is 2. The summed E-state index contributed by atoms with van der Waals surface area (Å²) >= 11 is 0. The van der Waals surface area contributed by atoms with E-state index in [-0.39, 0.29) is 36.1 Å². The number of halogens is 2. The predicted octanol–water partition coefficient (Wildman–Crippen LogP) is 1.39. The molecule has 26 heavy (non-hydrogen) atoms. The van der Waals surface area contributed by atoms with Gasteiger partial charge in [0.1, 0.15) is 5.82 Å². The standard InChI is InChI=1S/C17H24FN3O3S.ClH/c1-25(23,24)20-8-5-13(6-9-20)17(22)21-10-7-19-12-16(21)14-3-2-4-15(18)11-14;/h2-4,11,13,16,19H,5-10,12H2,1H3;1H. The Bertz CT molecular complexity index is 739. The van der Waals surface area contributed by atoms with Crippen molar-refractivity contribution in [2.75, 3.05) is 39.0 Å². The van der Waals surface area contributed by atoms with E-state index in [1.54, 1.807) is 6.07 Å².